The molecule has 0 saturated carbocycles. The second-order valence-corrected chi connectivity index (χ2v) is 7.39. The molecule has 0 unspecified atom stereocenters. The maximum atomic E-state index is 5.62. The third-order valence-electron chi connectivity index (χ3n) is 4.64. The molecule has 1 aliphatic rings. The van der Waals surface area contributed by atoms with Gasteiger partial charge in [-0.05, 0) is 60.1 Å². The fourth-order valence-corrected chi connectivity index (χ4v) is 3.93. The molecule has 2 N–H and O–H groups in total. The average molecular weight is 347 g/mol. The quantitative estimate of drug-likeness (QED) is 0.833. The molecule has 3 nitrogen and oxygen atoms in total. The van der Waals surface area contributed by atoms with Crippen molar-refractivity contribution in [2.75, 3.05) is 31.5 Å². The van der Waals surface area contributed by atoms with Crippen molar-refractivity contribution in [3.8, 4) is 0 Å². The van der Waals surface area contributed by atoms with Gasteiger partial charge in [0.2, 0.25) is 0 Å². The van der Waals surface area contributed by atoms with Crippen LogP contribution in [0.3, 0.4) is 0 Å². The van der Waals surface area contributed by atoms with Crippen LogP contribution in [0.15, 0.2) is 35.0 Å². The molecule has 2 aromatic rings. The number of thiocarbonyl (C=S) groups is 1. The van der Waals surface area contributed by atoms with Gasteiger partial charge >= 0.3 is 0 Å². The van der Waals surface area contributed by atoms with E-state index in [4.69, 9.17) is 12.2 Å². The summed E-state index contributed by atoms with van der Waals surface area (Å²) in [5.74, 6) is 0. The van der Waals surface area contributed by atoms with E-state index in [2.05, 4.69) is 59.1 Å². The molecule has 23 heavy (non-hydrogen) atoms. The molecule has 0 spiro atoms. The lowest BCUT2D eigenvalue weighted by atomic mass is 10.1. The van der Waals surface area contributed by atoms with E-state index in [9.17, 15) is 0 Å². The molecule has 0 amide bonds. The molecule has 5 heteroatoms. The van der Waals surface area contributed by atoms with Gasteiger partial charge in [0.1, 0.15) is 6.54 Å². The number of hydrogen-bond acceptors (Lipinski definition) is 2. The summed E-state index contributed by atoms with van der Waals surface area (Å²) in [6.45, 7) is 9.75. The topological polar surface area (TPSA) is 19.7 Å². The van der Waals surface area contributed by atoms with E-state index in [-0.39, 0.29) is 0 Å². The van der Waals surface area contributed by atoms with Crippen LogP contribution in [-0.2, 0) is 6.54 Å². The monoisotopic (exact) mass is 346 g/mol. The molecule has 1 fully saturated rings. The normalized spacial score (nSPS) is 15.7. The maximum absolute atomic E-state index is 5.62. The Morgan fingerprint density at radius 1 is 1.26 bits per heavy atom. The number of rotatable bonds is 3. The summed E-state index contributed by atoms with van der Waals surface area (Å²) in [5.41, 5.74) is 5.15. The van der Waals surface area contributed by atoms with Crippen molar-refractivity contribution < 1.29 is 4.90 Å². The van der Waals surface area contributed by atoms with E-state index in [1.165, 1.54) is 16.7 Å². The van der Waals surface area contributed by atoms with Gasteiger partial charge in [-0.1, -0.05) is 12.1 Å². The Kier molecular flexibility index (Phi) is 5.30. The molecule has 3 rings (SSSR count). The number of piperazine rings is 1. The minimum absolute atomic E-state index is 0.855. The van der Waals surface area contributed by atoms with E-state index in [0.29, 0.717) is 0 Å². The minimum Gasteiger partial charge on any atom is -0.338 e. The van der Waals surface area contributed by atoms with Gasteiger partial charge in [-0.25, -0.2) is 0 Å². The van der Waals surface area contributed by atoms with Crippen LogP contribution in [0.1, 0.15) is 16.7 Å². The molecule has 0 bridgehead atoms. The Morgan fingerprint density at radius 2 is 2.04 bits per heavy atom. The van der Waals surface area contributed by atoms with Gasteiger partial charge < -0.3 is 15.1 Å². The molecular weight excluding hydrogens is 322 g/mol. The van der Waals surface area contributed by atoms with Gasteiger partial charge in [-0.15, -0.1) is 0 Å². The van der Waals surface area contributed by atoms with Crippen LogP contribution in [-0.4, -0.2) is 36.2 Å². The Hall–Kier alpha value is -1.43. The van der Waals surface area contributed by atoms with Gasteiger partial charge in [0.25, 0.3) is 0 Å². The van der Waals surface area contributed by atoms with Crippen molar-refractivity contribution >= 4 is 34.4 Å². The highest BCUT2D eigenvalue weighted by atomic mass is 32.1. The van der Waals surface area contributed by atoms with Gasteiger partial charge in [0, 0.05) is 11.3 Å². The van der Waals surface area contributed by atoms with E-state index >= 15 is 0 Å². The predicted molar refractivity (Wildman–Crippen MR) is 102 cm³/mol. The van der Waals surface area contributed by atoms with Gasteiger partial charge in [0.05, 0.1) is 26.2 Å². The third-order valence-corrected chi connectivity index (χ3v) is 5.73. The summed E-state index contributed by atoms with van der Waals surface area (Å²) in [5, 5.41) is 8.70. The van der Waals surface area contributed by atoms with Crippen molar-refractivity contribution in [3.05, 3.63) is 51.7 Å². The number of thiophene rings is 1. The van der Waals surface area contributed by atoms with Crippen molar-refractivity contribution in [1.82, 2.24) is 4.90 Å². The Labute approximate surface area is 147 Å². The van der Waals surface area contributed by atoms with Crippen molar-refractivity contribution in [2.24, 2.45) is 0 Å². The zero-order valence-corrected chi connectivity index (χ0v) is 15.4. The average Bonchev–Trinajstić information content (AvgIpc) is 3.05. The van der Waals surface area contributed by atoms with E-state index in [1.54, 1.807) is 16.2 Å². The SMILES string of the molecule is Cc1cccc(NC(=S)N2CC[NH+](Cc3ccsc3)CC2)c1C. The first kappa shape index (κ1) is 16.4. The number of benzene rings is 1. The summed E-state index contributed by atoms with van der Waals surface area (Å²) < 4.78 is 0. The Morgan fingerprint density at radius 3 is 2.74 bits per heavy atom. The zero-order valence-electron chi connectivity index (χ0n) is 13.8. The molecule has 1 aromatic carbocycles. The molecule has 1 aromatic heterocycles. The molecule has 0 aliphatic carbocycles. The second-order valence-electron chi connectivity index (χ2n) is 6.22. The van der Waals surface area contributed by atoms with Crippen LogP contribution in [0.2, 0.25) is 0 Å². The first-order valence-corrected chi connectivity index (χ1v) is 9.45. The predicted octanol–water partition coefficient (Wildman–Crippen LogP) is 2.46. The lowest BCUT2D eigenvalue weighted by Gasteiger charge is -2.34. The van der Waals surface area contributed by atoms with Crippen LogP contribution in [0.4, 0.5) is 5.69 Å². The lowest BCUT2D eigenvalue weighted by molar-refractivity contribution is -0.917. The molecule has 0 radical (unpaired) electrons. The molecule has 1 aliphatic heterocycles. The summed E-state index contributed by atoms with van der Waals surface area (Å²) in [7, 11) is 0. The van der Waals surface area contributed by atoms with Crippen LogP contribution in [0.25, 0.3) is 0 Å². The fourth-order valence-electron chi connectivity index (χ4n) is 2.97. The highest BCUT2D eigenvalue weighted by Gasteiger charge is 2.22. The number of hydrogen-bond donors (Lipinski definition) is 2. The summed E-state index contributed by atoms with van der Waals surface area (Å²) in [6.07, 6.45) is 0. The first-order valence-electron chi connectivity index (χ1n) is 8.10. The van der Waals surface area contributed by atoms with Gasteiger partial charge in [-0.3, -0.25) is 0 Å². The molecule has 122 valence electrons. The number of nitrogens with zero attached hydrogens (tertiary/aromatic N) is 1. The smallest absolute Gasteiger partial charge is 0.173 e. The van der Waals surface area contributed by atoms with Crippen molar-refractivity contribution in [1.29, 1.82) is 0 Å². The Balaban J connectivity index is 1.53. The molecule has 2 heterocycles. The number of nitrogens with one attached hydrogen (secondary N) is 2. The second kappa shape index (κ2) is 7.43. The number of anilines is 1. The number of aryl methyl sites for hydroxylation is 1. The standard InChI is InChI=1S/C18H23N3S2/c1-14-4-3-5-17(15(14)2)19-18(22)21-9-7-20(8-10-21)12-16-6-11-23-13-16/h3-6,11,13H,7-10,12H2,1-2H3,(H,19,22)/p+1. The summed E-state index contributed by atoms with van der Waals surface area (Å²) in [4.78, 5) is 3.95. The zero-order chi connectivity index (χ0) is 16.2. The Bertz CT molecular complexity index is 659. The largest absolute Gasteiger partial charge is 0.338 e. The highest BCUT2D eigenvalue weighted by molar-refractivity contribution is 7.80. The van der Waals surface area contributed by atoms with Crippen LogP contribution >= 0.6 is 23.6 Å². The lowest BCUT2D eigenvalue weighted by Crippen LogP contribution is -3.13. The first-order chi connectivity index (χ1) is 11.1. The molecular formula is C18H24N3S2+. The van der Waals surface area contributed by atoms with Gasteiger partial charge in [0.15, 0.2) is 5.11 Å². The highest BCUT2D eigenvalue weighted by Crippen LogP contribution is 2.18. The minimum atomic E-state index is 0.855. The summed E-state index contributed by atoms with van der Waals surface area (Å²) >= 11 is 7.40. The van der Waals surface area contributed by atoms with Crippen LogP contribution in [0, 0.1) is 13.8 Å². The van der Waals surface area contributed by atoms with Crippen LogP contribution < -0.4 is 10.2 Å². The maximum Gasteiger partial charge on any atom is 0.173 e. The molecule has 0 atom stereocenters. The third kappa shape index (κ3) is 4.10. The van der Waals surface area contributed by atoms with E-state index < -0.39 is 0 Å². The van der Waals surface area contributed by atoms with Crippen LogP contribution in [0.5, 0.6) is 0 Å². The van der Waals surface area contributed by atoms with Gasteiger partial charge in [-0.2, -0.15) is 11.3 Å². The van der Waals surface area contributed by atoms with Crippen molar-refractivity contribution in [3.63, 3.8) is 0 Å². The van der Waals surface area contributed by atoms with Crippen molar-refractivity contribution in [2.45, 2.75) is 20.4 Å². The van der Waals surface area contributed by atoms with E-state index in [0.717, 1.165) is 43.5 Å². The number of quaternary nitrogens is 1. The molecule has 1 saturated heterocycles. The fraction of sp³-hybridized carbons (Fsp3) is 0.389. The summed E-state index contributed by atoms with van der Waals surface area (Å²) in [6, 6.07) is 8.55. The van der Waals surface area contributed by atoms with E-state index in [1.807, 2.05) is 0 Å².